The van der Waals surface area contributed by atoms with Crippen molar-refractivity contribution in [3.05, 3.63) is 57.1 Å². The van der Waals surface area contributed by atoms with Crippen LogP contribution in [0.5, 0.6) is 0 Å². The summed E-state index contributed by atoms with van der Waals surface area (Å²) in [6.45, 7) is -0.326. The summed E-state index contributed by atoms with van der Waals surface area (Å²) in [7, 11) is 0. The van der Waals surface area contributed by atoms with Gasteiger partial charge < -0.3 is 10.4 Å². The van der Waals surface area contributed by atoms with Crippen LogP contribution in [0.25, 0.3) is 0 Å². The van der Waals surface area contributed by atoms with Crippen LogP contribution in [-0.2, 0) is 11.3 Å². The van der Waals surface area contributed by atoms with Gasteiger partial charge in [0.25, 0.3) is 5.56 Å². The zero-order valence-corrected chi connectivity index (χ0v) is 10.6. The molecule has 2 rings (SSSR count). The highest BCUT2D eigenvalue weighted by Gasteiger charge is 2.08. The Balaban J connectivity index is 2.11. The molecular formula is C12H10N4O5. The fraction of sp³-hybridized carbons (Fsp3) is 0.0833. The Morgan fingerprint density at radius 1 is 1.33 bits per heavy atom. The first kappa shape index (κ1) is 14.2. The van der Waals surface area contributed by atoms with Crippen LogP contribution in [0, 0.1) is 0 Å². The zero-order valence-electron chi connectivity index (χ0n) is 10.6. The minimum absolute atomic E-state index is 0.0750. The third kappa shape index (κ3) is 3.62. The van der Waals surface area contributed by atoms with Gasteiger partial charge in [-0.15, -0.1) is 0 Å². The second kappa shape index (κ2) is 5.82. The van der Waals surface area contributed by atoms with E-state index in [-0.39, 0.29) is 17.8 Å². The number of aromatic amines is 1. The van der Waals surface area contributed by atoms with Crippen LogP contribution in [0.3, 0.4) is 0 Å². The molecule has 3 N–H and O–H groups in total. The Labute approximate surface area is 116 Å². The van der Waals surface area contributed by atoms with E-state index >= 15 is 0 Å². The van der Waals surface area contributed by atoms with Crippen molar-refractivity contribution < 1.29 is 14.7 Å². The molecule has 0 spiro atoms. The third-order valence-electron chi connectivity index (χ3n) is 2.48. The zero-order chi connectivity index (χ0) is 15.4. The predicted octanol–water partition coefficient (Wildman–Crippen LogP) is -0.731. The molecule has 0 unspecified atom stereocenters. The average molecular weight is 290 g/mol. The maximum absolute atomic E-state index is 11.8. The SMILES string of the molecule is O=C(Cn1ccc(=O)[nH]c1=O)Nc1cncc(C(=O)O)c1. The first-order chi connectivity index (χ1) is 9.95. The lowest BCUT2D eigenvalue weighted by molar-refractivity contribution is -0.116. The van der Waals surface area contributed by atoms with E-state index in [9.17, 15) is 19.2 Å². The standard InChI is InChI=1S/C12H10N4O5/c17-9-1-2-16(12(21)15-9)6-10(18)14-8-3-7(11(19)20)4-13-5-8/h1-5H,6H2,(H,14,18)(H,19,20)(H,15,17,21). The molecule has 0 bridgehead atoms. The molecule has 0 aliphatic heterocycles. The summed E-state index contributed by atoms with van der Waals surface area (Å²) in [4.78, 5) is 50.5. The van der Waals surface area contributed by atoms with Gasteiger partial charge in [-0.2, -0.15) is 0 Å². The smallest absolute Gasteiger partial charge is 0.337 e. The van der Waals surface area contributed by atoms with E-state index in [0.29, 0.717) is 0 Å². The molecule has 9 nitrogen and oxygen atoms in total. The number of H-pyrrole nitrogens is 1. The van der Waals surface area contributed by atoms with Crippen LogP contribution in [0.2, 0.25) is 0 Å². The second-order valence-electron chi connectivity index (χ2n) is 4.05. The van der Waals surface area contributed by atoms with Crippen LogP contribution < -0.4 is 16.6 Å². The first-order valence-corrected chi connectivity index (χ1v) is 5.73. The molecule has 9 heteroatoms. The van der Waals surface area contributed by atoms with E-state index in [4.69, 9.17) is 5.11 Å². The van der Waals surface area contributed by atoms with E-state index < -0.39 is 23.1 Å². The molecular weight excluding hydrogens is 280 g/mol. The highest BCUT2D eigenvalue weighted by molar-refractivity contribution is 5.93. The number of nitrogens with zero attached hydrogens (tertiary/aromatic N) is 2. The molecule has 0 aliphatic carbocycles. The number of carboxylic acid groups (broad SMARTS) is 1. The van der Waals surface area contributed by atoms with E-state index in [1.54, 1.807) is 0 Å². The molecule has 0 fully saturated rings. The summed E-state index contributed by atoms with van der Waals surface area (Å²) in [5.41, 5.74) is -1.16. The number of aromatic nitrogens is 3. The molecule has 2 heterocycles. The van der Waals surface area contributed by atoms with Crippen LogP contribution in [0.1, 0.15) is 10.4 Å². The number of hydrogen-bond acceptors (Lipinski definition) is 5. The van der Waals surface area contributed by atoms with E-state index in [0.717, 1.165) is 16.8 Å². The van der Waals surface area contributed by atoms with E-state index in [1.807, 2.05) is 4.98 Å². The second-order valence-corrected chi connectivity index (χ2v) is 4.05. The van der Waals surface area contributed by atoms with Crippen molar-refractivity contribution in [3.8, 4) is 0 Å². The van der Waals surface area contributed by atoms with Crippen molar-refractivity contribution in [3.63, 3.8) is 0 Å². The van der Waals surface area contributed by atoms with Gasteiger partial charge in [-0.05, 0) is 6.07 Å². The van der Waals surface area contributed by atoms with Gasteiger partial charge in [0.15, 0.2) is 0 Å². The number of hydrogen-bond donors (Lipinski definition) is 3. The van der Waals surface area contributed by atoms with Gasteiger partial charge in [-0.25, -0.2) is 9.59 Å². The minimum atomic E-state index is -1.17. The lowest BCUT2D eigenvalue weighted by Crippen LogP contribution is -2.32. The maximum atomic E-state index is 11.8. The van der Waals surface area contributed by atoms with Crippen molar-refractivity contribution in [2.75, 3.05) is 5.32 Å². The Bertz CT molecular complexity index is 808. The Morgan fingerprint density at radius 2 is 2.10 bits per heavy atom. The van der Waals surface area contributed by atoms with Gasteiger partial charge in [0, 0.05) is 18.5 Å². The van der Waals surface area contributed by atoms with E-state index in [2.05, 4.69) is 10.3 Å². The van der Waals surface area contributed by atoms with Crippen LogP contribution >= 0.6 is 0 Å². The number of aromatic carboxylic acids is 1. The molecule has 0 aliphatic rings. The van der Waals surface area contributed by atoms with Gasteiger partial charge in [0.1, 0.15) is 6.54 Å². The molecule has 0 radical (unpaired) electrons. The number of carbonyl (C=O) groups is 2. The minimum Gasteiger partial charge on any atom is -0.478 e. The fourth-order valence-electron chi connectivity index (χ4n) is 1.55. The van der Waals surface area contributed by atoms with Gasteiger partial charge in [-0.1, -0.05) is 0 Å². The Kier molecular flexibility index (Phi) is 3.93. The summed E-state index contributed by atoms with van der Waals surface area (Å²) in [5, 5.41) is 11.2. The van der Waals surface area contributed by atoms with Crippen LogP contribution in [0.15, 0.2) is 40.3 Å². The Hall–Kier alpha value is -3.23. The van der Waals surface area contributed by atoms with Crippen molar-refractivity contribution in [1.29, 1.82) is 0 Å². The molecule has 0 saturated heterocycles. The molecule has 0 aromatic carbocycles. The lowest BCUT2D eigenvalue weighted by atomic mass is 10.2. The van der Waals surface area contributed by atoms with Crippen LogP contribution in [0.4, 0.5) is 5.69 Å². The highest BCUT2D eigenvalue weighted by atomic mass is 16.4. The van der Waals surface area contributed by atoms with Crippen molar-refractivity contribution >= 4 is 17.6 Å². The first-order valence-electron chi connectivity index (χ1n) is 5.73. The number of nitrogens with one attached hydrogen (secondary N) is 2. The third-order valence-corrected chi connectivity index (χ3v) is 2.48. The quantitative estimate of drug-likeness (QED) is 0.679. The van der Waals surface area contributed by atoms with E-state index in [1.165, 1.54) is 18.5 Å². The average Bonchev–Trinajstić information content (AvgIpc) is 2.42. The van der Waals surface area contributed by atoms with Crippen molar-refractivity contribution in [2.24, 2.45) is 0 Å². The fourth-order valence-corrected chi connectivity index (χ4v) is 1.55. The summed E-state index contributed by atoms with van der Waals surface area (Å²) in [6.07, 6.45) is 3.61. The molecule has 0 atom stereocenters. The summed E-state index contributed by atoms with van der Waals surface area (Å²) < 4.78 is 1.01. The monoisotopic (exact) mass is 290 g/mol. The van der Waals surface area contributed by atoms with Crippen molar-refractivity contribution in [1.82, 2.24) is 14.5 Å². The number of anilines is 1. The van der Waals surface area contributed by atoms with Gasteiger partial charge in [0.05, 0.1) is 17.4 Å². The molecule has 1 amide bonds. The van der Waals surface area contributed by atoms with Crippen molar-refractivity contribution in [2.45, 2.75) is 6.54 Å². The number of pyridine rings is 1. The number of amides is 1. The summed E-state index contributed by atoms with van der Waals surface area (Å²) in [6, 6.07) is 2.35. The largest absolute Gasteiger partial charge is 0.478 e. The molecule has 2 aromatic rings. The number of carbonyl (C=O) groups excluding carboxylic acids is 1. The van der Waals surface area contributed by atoms with Gasteiger partial charge in [-0.3, -0.25) is 24.1 Å². The number of rotatable bonds is 4. The molecule has 21 heavy (non-hydrogen) atoms. The van der Waals surface area contributed by atoms with Gasteiger partial charge in [0.2, 0.25) is 5.91 Å². The van der Waals surface area contributed by atoms with Gasteiger partial charge >= 0.3 is 11.7 Å². The maximum Gasteiger partial charge on any atom is 0.337 e. The predicted molar refractivity (Wildman–Crippen MR) is 71.1 cm³/mol. The normalized spacial score (nSPS) is 10.1. The number of carboxylic acids is 1. The lowest BCUT2D eigenvalue weighted by Gasteiger charge is -2.06. The highest BCUT2D eigenvalue weighted by Crippen LogP contribution is 2.08. The molecule has 108 valence electrons. The molecule has 2 aromatic heterocycles. The van der Waals surface area contributed by atoms with Crippen LogP contribution in [-0.4, -0.2) is 31.5 Å². The Morgan fingerprint density at radius 3 is 2.76 bits per heavy atom. The topological polar surface area (TPSA) is 134 Å². The molecule has 0 saturated carbocycles. The summed E-state index contributed by atoms with van der Waals surface area (Å²) in [5.74, 6) is -1.73. The summed E-state index contributed by atoms with van der Waals surface area (Å²) >= 11 is 0.